The molecule has 3 rings (SSSR count). The predicted octanol–water partition coefficient (Wildman–Crippen LogP) is 2.01. The molecular formula is C18H31N5. The first-order chi connectivity index (χ1) is 11.2. The molecule has 1 aliphatic rings. The van der Waals surface area contributed by atoms with Gasteiger partial charge in [0.1, 0.15) is 5.65 Å². The number of nitrogens with zero attached hydrogens (tertiary/aromatic N) is 4. The topological polar surface area (TPSA) is 35.8 Å². The van der Waals surface area contributed by atoms with E-state index in [1.54, 1.807) is 0 Å². The van der Waals surface area contributed by atoms with Gasteiger partial charge in [0, 0.05) is 52.0 Å². The molecule has 1 aliphatic heterocycles. The zero-order valence-electron chi connectivity index (χ0n) is 15.0. The average Bonchev–Trinajstić information content (AvgIpc) is 2.97. The fourth-order valence-corrected chi connectivity index (χ4v) is 2.79. The summed E-state index contributed by atoms with van der Waals surface area (Å²) >= 11 is 0. The molecule has 3 heterocycles. The number of nitrogens with one attached hydrogen (secondary N) is 1. The van der Waals surface area contributed by atoms with Crippen molar-refractivity contribution in [1.82, 2.24) is 24.5 Å². The van der Waals surface area contributed by atoms with E-state index in [1.807, 2.05) is 20.0 Å². The molecular weight excluding hydrogens is 286 g/mol. The van der Waals surface area contributed by atoms with Gasteiger partial charge in [0.25, 0.3) is 0 Å². The van der Waals surface area contributed by atoms with Crippen molar-refractivity contribution in [2.75, 3.05) is 46.3 Å². The van der Waals surface area contributed by atoms with Crippen LogP contribution in [0.4, 0.5) is 0 Å². The van der Waals surface area contributed by atoms with Crippen molar-refractivity contribution < 1.29 is 0 Å². The van der Waals surface area contributed by atoms with Crippen LogP contribution in [-0.2, 0) is 6.54 Å². The van der Waals surface area contributed by atoms with Crippen LogP contribution in [0.1, 0.15) is 25.1 Å². The Labute approximate surface area is 140 Å². The molecule has 5 nitrogen and oxygen atoms in total. The van der Waals surface area contributed by atoms with Crippen molar-refractivity contribution in [2.24, 2.45) is 0 Å². The molecule has 0 spiro atoms. The van der Waals surface area contributed by atoms with Gasteiger partial charge in [-0.25, -0.2) is 4.98 Å². The number of likely N-dealkylation sites (N-methyl/N-ethyl adjacent to an activating group) is 1. The van der Waals surface area contributed by atoms with E-state index in [0.29, 0.717) is 0 Å². The van der Waals surface area contributed by atoms with Crippen molar-refractivity contribution >= 4 is 5.65 Å². The van der Waals surface area contributed by atoms with E-state index < -0.39 is 0 Å². The fourth-order valence-electron chi connectivity index (χ4n) is 2.79. The summed E-state index contributed by atoms with van der Waals surface area (Å²) < 4.78 is 2.18. The van der Waals surface area contributed by atoms with E-state index in [4.69, 9.17) is 0 Å². The van der Waals surface area contributed by atoms with Crippen LogP contribution >= 0.6 is 0 Å². The molecule has 0 unspecified atom stereocenters. The number of fused-ring (bicyclic) bond motifs is 1. The quantitative estimate of drug-likeness (QED) is 0.856. The number of aromatic nitrogens is 2. The second kappa shape index (κ2) is 9.01. The molecule has 2 aromatic heterocycles. The molecule has 0 aromatic carbocycles. The Morgan fingerprint density at radius 2 is 1.87 bits per heavy atom. The highest BCUT2D eigenvalue weighted by molar-refractivity contribution is 5.41. The van der Waals surface area contributed by atoms with E-state index in [-0.39, 0.29) is 0 Å². The molecule has 128 valence electrons. The molecule has 0 saturated carbocycles. The molecule has 5 heteroatoms. The lowest BCUT2D eigenvalue weighted by Gasteiger charge is -2.32. The largest absolute Gasteiger partial charge is 0.310 e. The van der Waals surface area contributed by atoms with Gasteiger partial charge in [0.15, 0.2) is 0 Å². The Balaban J connectivity index is 0.000000924. The van der Waals surface area contributed by atoms with Gasteiger partial charge in [-0.2, -0.15) is 0 Å². The van der Waals surface area contributed by atoms with Gasteiger partial charge in [0.05, 0.1) is 11.9 Å². The minimum absolute atomic E-state index is 0.873. The molecule has 23 heavy (non-hydrogen) atoms. The van der Waals surface area contributed by atoms with Crippen molar-refractivity contribution in [2.45, 2.75) is 27.3 Å². The maximum absolute atomic E-state index is 4.44. The van der Waals surface area contributed by atoms with Crippen LogP contribution < -0.4 is 5.32 Å². The molecule has 0 radical (unpaired) electrons. The van der Waals surface area contributed by atoms with Crippen molar-refractivity contribution in [3.05, 3.63) is 35.8 Å². The third-order valence-electron chi connectivity index (χ3n) is 4.24. The number of piperazine rings is 1. The van der Waals surface area contributed by atoms with Gasteiger partial charge < -0.3 is 14.6 Å². The zero-order valence-corrected chi connectivity index (χ0v) is 15.0. The van der Waals surface area contributed by atoms with Crippen LogP contribution in [0.5, 0.6) is 0 Å². The lowest BCUT2D eigenvalue weighted by Crippen LogP contribution is -2.46. The summed E-state index contributed by atoms with van der Waals surface area (Å²) in [5.41, 5.74) is 3.52. The van der Waals surface area contributed by atoms with E-state index in [9.17, 15) is 0 Å². The Bertz CT molecular complexity index is 584. The summed E-state index contributed by atoms with van der Waals surface area (Å²) in [5.74, 6) is 0. The van der Waals surface area contributed by atoms with Crippen LogP contribution in [0.15, 0.2) is 24.5 Å². The highest BCUT2D eigenvalue weighted by atomic mass is 15.2. The summed E-state index contributed by atoms with van der Waals surface area (Å²) in [4.78, 5) is 9.37. The minimum Gasteiger partial charge on any atom is -0.310 e. The molecule has 2 aromatic rings. The monoisotopic (exact) mass is 317 g/mol. The van der Waals surface area contributed by atoms with Gasteiger partial charge in [-0.15, -0.1) is 0 Å². The molecule has 1 N–H and O–H groups in total. The van der Waals surface area contributed by atoms with Gasteiger partial charge in [0.2, 0.25) is 0 Å². The SMILES string of the molecule is CC.Cc1ccc2ncc(CNCCN3CCN(C)CC3)n2c1. The second-order valence-corrected chi connectivity index (χ2v) is 6.01. The van der Waals surface area contributed by atoms with Crippen LogP contribution in [0, 0.1) is 6.92 Å². The summed E-state index contributed by atoms with van der Waals surface area (Å²) in [7, 11) is 2.20. The molecule has 0 aliphatic carbocycles. The molecule has 1 fully saturated rings. The van der Waals surface area contributed by atoms with Gasteiger partial charge in [-0.1, -0.05) is 19.9 Å². The number of rotatable bonds is 5. The second-order valence-electron chi connectivity index (χ2n) is 6.01. The Kier molecular flexibility index (Phi) is 7.02. The maximum atomic E-state index is 4.44. The predicted molar refractivity (Wildman–Crippen MR) is 96.9 cm³/mol. The van der Waals surface area contributed by atoms with Gasteiger partial charge in [-0.05, 0) is 25.6 Å². The third-order valence-corrected chi connectivity index (χ3v) is 4.24. The third kappa shape index (κ3) is 5.03. The van der Waals surface area contributed by atoms with Gasteiger partial charge >= 0.3 is 0 Å². The van der Waals surface area contributed by atoms with E-state index >= 15 is 0 Å². The summed E-state index contributed by atoms with van der Waals surface area (Å²) in [6, 6.07) is 4.18. The Morgan fingerprint density at radius 1 is 1.13 bits per heavy atom. The normalized spacial score (nSPS) is 16.3. The van der Waals surface area contributed by atoms with E-state index in [1.165, 1.54) is 37.4 Å². The van der Waals surface area contributed by atoms with E-state index in [2.05, 4.69) is 56.8 Å². The number of hydrogen-bond donors (Lipinski definition) is 1. The Morgan fingerprint density at radius 3 is 2.61 bits per heavy atom. The van der Waals surface area contributed by atoms with Crippen LogP contribution in [0.25, 0.3) is 5.65 Å². The first-order valence-electron chi connectivity index (χ1n) is 8.76. The van der Waals surface area contributed by atoms with Crippen molar-refractivity contribution in [3.8, 4) is 0 Å². The standard InChI is InChI=1S/C16H25N5.C2H6/c1-14-3-4-16-18-12-15(21(16)13-14)11-17-5-6-20-9-7-19(2)8-10-20;1-2/h3-4,12-13,17H,5-11H2,1-2H3;1-2H3. The molecule has 0 amide bonds. The molecule has 0 atom stereocenters. The first-order valence-corrected chi connectivity index (χ1v) is 8.76. The highest BCUT2D eigenvalue weighted by Gasteiger charge is 2.12. The van der Waals surface area contributed by atoms with Crippen LogP contribution in [-0.4, -0.2) is 65.5 Å². The van der Waals surface area contributed by atoms with Crippen LogP contribution in [0.2, 0.25) is 0 Å². The van der Waals surface area contributed by atoms with Crippen LogP contribution in [0.3, 0.4) is 0 Å². The van der Waals surface area contributed by atoms with Crippen molar-refractivity contribution in [3.63, 3.8) is 0 Å². The van der Waals surface area contributed by atoms with E-state index in [0.717, 1.165) is 25.3 Å². The number of aryl methyl sites for hydroxylation is 1. The zero-order chi connectivity index (χ0) is 16.7. The summed E-state index contributed by atoms with van der Waals surface area (Å²) in [5, 5.41) is 3.54. The summed E-state index contributed by atoms with van der Waals surface area (Å²) in [6.45, 7) is 13.9. The highest BCUT2D eigenvalue weighted by Crippen LogP contribution is 2.08. The Hall–Kier alpha value is -1.43. The lowest BCUT2D eigenvalue weighted by molar-refractivity contribution is 0.154. The first kappa shape index (κ1) is 17.9. The smallest absolute Gasteiger partial charge is 0.136 e. The van der Waals surface area contributed by atoms with Gasteiger partial charge in [-0.3, -0.25) is 4.90 Å². The molecule has 0 bridgehead atoms. The fraction of sp³-hybridized carbons (Fsp3) is 0.611. The maximum Gasteiger partial charge on any atom is 0.136 e. The number of hydrogen-bond acceptors (Lipinski definition) is 4. The summed E-state index contributed by atoms with van der Waals surface area (Å²) in [6.07, 6.45) is 4.12. The molecule has 1 saturated heterocycles. The minimum atomic E-state index is 0.873. The number of pyridine rings is 1. The lowest BCUT2D eigenvalue weighted by atomic mass is 10.3. The number of imidazole rings is 1. The average molecular weight is 317 g/mol. The van der Waals surface area contributed by atoms with Crippen molar-refractivity contribution in [1.29, 1.82) is 0 Å².